The lowest BCUT2D eigenvalue weighted by atomic mass is 10.1. The molecule has 6 rings (SSSR count). The maximum Gasteiger partial charge on any atom is 0.410 e. The number of methoxy groups -OCH3 is 1. The molecule has 12 heteroatoms. The van der Waals surface area contributed by atoms with Gasteiger partial charge < -0.3 is 19.5 Å². The zero-order valence-electron chi connectivity index (χ0n) is 25.2. The summed E-state index contributed by atoms with van der Waals surface area (Å²) in [6, 6.07) is 20.2. The molecule has 3 aliphatic heterocycles. The van der Waals surface area contributed by atoms with Crippen LogP contribution in [0.2, 0.25) is 0 Å². The number of ether oxygens (including phenoxy) is 3. The van der Waals surface area contributed by atoms with Crippen LogP contribution in [-0.2, 0) is 25.7 Å². The van der Waals surface area contributed by atoms with Gasteiger partial charge in [0, 0.05) is 24.7 Å². The topological polar surface area (TPSA) is 110 Å². The minimum absolute atomic E-state index is 0.106. The van der Waals surface area contributed by atoms with Crippen molar-refractivity contribution < 1.29 is 33.0 Å². The van der Waals surface area contributed by atoms with Gasteiger partial charge in [0.2, 0.25) is 11.8 Å². The molecule has 0 bridgehead atoms. The van der Waals surface area contributed by atoms with Gasteiger partial charge in [0.1, 0.15) is 23.7 Å². The first kappa shape index (κ1) is 31.2. The minimum atomic E-state index is -0.642. The smallest absolute Gasteiger partial charge is 0.410 e. The van der Waals surface area contributed by atoms with Crippen molar-refractivity contribution >= 4 is 46.2 Å². The van der Waals surface area contributed by atoms with Crippen molar-refractivity contribution in [1.82, 2.24) is 9.80 Å². The Balaban J connectivity index is 1.13. The van der Waals surface area contributed by atoms with Crippen molar-refractivity contribution in [3.05, 3.63) is 102 Å². The summed E-state index contributed by atoms with van der Waals surface area (Å²) in [6.07, 6.45) is 3.43. The number of anilines is 1. The molecule has 3 aliphatic rings. The molecule has 2 atom stereocenters. The van der Waals surface area contributed by atoms with Crippen LogP contribution in [-0.4, -0.2) is 65.7 Å². The van der Waals surface area contributed by atoms with Crippen molar-refractivity contribution in [2.75, 3.05) is 32.1 Å². The molecule has 2 saturated heterocycles. The minimum Gasteiger partial charge on any atom is -0.496 e. The monoisotopic (exact) mass is 644 g/mol. The fourth-order valence-electron chi connectivity index (χ4n) is 5.50. The Morgan fingerprint density at radius 3 is 2.63 bits per heavy atom. The molecule has 0 aliphatic carbocycles. The second-order valence-electron chi connectivity index (χ2n) is 10.9. The van der Waals surface area contributed by atoms with Crippen molar-refractivity contribution in [2.24, 2.45) is 4.99 Å². The third-order valence-electron chi connectivity index (χ3n) is 7.87. The highest BCUT2D eigenvalue weighted by Crippen LogP contribution is 2.41. The standard InChI is InChI=1S/C34H33FN4O6S/c1-43-29-16-15-25(19-27(29)35)37-33-39(20-26-9-6-18-44-26)32(41)30(46-33)23-11-13-24(14-12-23)36-31(40)28-10-5-17-38(28)34(42)45-21-22-7-3-2-4-8-22/h2-4,7-9,11-16,19,28,30H,5-6,10,17-18,20-21H2,1H3,(H,36,40)/b37-33-/t28-,30?/m0/s1. The lowest BCUT2D eigenvalue weighted by Gasteiger charge is -2.23. The normalized spacial score (nSPS) is 20.1. The van der Waals surface area contributed by atoms with E-state index in [2.05, 4.69) is 10.3 Å². The fraction of sp³-hybridized carbons (Fsp3) is 0.294. The first-order valence-corrected chi connectivity index (χ1v) is 15.9. The van der Waals surface area contributed by atoms with Crippen LogP contribution in [0.15, 0.2) is 89.6 Å². The molecule has 2 fully saturated rings. The predicted octanol–water partition coefficient (Wildman–Crippen LogP) is 6.18. The molecule has 1 unspecified atom stereocenters. The van der Waals surface area contributed by atoms with Gasteiger partial charge in [0.05, 0.1) is 25.9 Å². The number of benzene rings is 3. The number of carbonyl (C=O) groups is 3. The summed E-state index contributed by atoms with van der Waals surface area (Å²) >= 11 is 1.27. The molecule has 0 saturated carbocycles. The quantitative estimate of drug-likeness (QED) is 0.296. The average molecular weight is 645 g/mol. The Labute approximate surface area is 270 Å². The Hall–Kier alpha value is -4.84. The van der Waals surface area contributed by atoms with E-state index in [1.165, 1.54) is 35.9 Å². The van der Waals surface area contributed by atoms with Gasteiger partial charge in [-0.15, -0.1) is 0 Å². The van der Waals surface area contributed by atoms with E-state index in [9.17, 15) is 18.8 Å². The Bertz CT molecular complexity index is 1670. The van der Waals surface area contributed by atoms with Crippen LogP contribution in [0.1, 0.15) is 35.6 Å². The molecular formula is C34H33FN4O6S. The van der Waals surface area contributed by atoms with E-state index in [0.29, 0.717) is 48.3 Å². The van der Waals surface area contributed by atoms with Crippen LogP contribution in [0.4, 0.5) is 20.6 Å². The number of likely N-dealkylation sites (tertiary alicyclic amines) is 1. The van der Waals surface area contributed by atoms with Crippen LogP contribution < -0.4 is 10.1 Å². The first-order chi connectivity index (χ1) is 22.4. The lowest BCUT2D eigenvalue weighted by Crippen LogP contribution is -2.43. The van der Waals surface area contributed by atoms with E-state index in [-0.39, 0.29) is 30.7 Å². The number of thioether (sulfide) groups is 1. The van der Waals surface area contributed by atoms with E-state index in [1.54, 1.807) is 35.2 Å². The number of carbonyl (C=O) groups excluding carboxylic acids is 3. The van der Waals surface area contributed by atoms with Crippen molar-refractivity contribution in [3.8, 4) is 5.75 Å². The molecule has 0 radical (unpaired) electrons. The van der Waals surface area contributed by atoms with Gasteiger partial charge in [-0.1, -0.05) is 54.2 Å². The zero-order chi connectivity index (χ0) is 32.0. The molecule has 3 heterocycles. The third kappa shape index (κ3) is 7.02. The molecular weight excluding hydrogens is 611 g/mol. The van der Waals surface area contributed by atoms with E-state index >= 15 is 0 Å². The number of hydrogen-bond donors (Lipinski definition) is 1. The second-order valence-corrected chi connectivity index (χ2v) is 12.0. The number of rotatable bonds is 9. The summed E-state index contributed by atoms with van der Waals surface area (Å²) in [5.41, 5.74) is 2.48. The molecule has 3 aromatic rings. The molecule has 10 nitrogen and oxygen atoms in total. The Kier molecular flexibility index (Phi) is 9.53. The van der Waals surface area contributed by atoms with E-state index in [0.717, 1.165) is 17.5 Å². The molecule has 3 amide bonds. The SMILES string of the molecule is COc1ccc(/N=C2\SC(c3ccc(NC(=O)[C@@H]4CCCN4C(=O)OCc4ccccc4)cc3)C(=O)N2CC2=CCCO2)cc1F. The molecule has 0 aromatic heterocycles. The number of amidine groups is 1. The summed E-state index contributed by atoms with van der Waals surface area (Å²) in [6.45, 7) is 1.36. The molecule has 1 N–H and O–H groups in total. The number of nitrogens with zero attached hydrogens (tertiary/aromatic N) is 3. The van der Waals surface area contributed by atoms with Crippen LogP contribution in [0, 0.1) is 5.82 Å². The second kappa shape index (κ2) is 14.1. The van der Waals surface area contributed by atoms with Gasteiger partial charge in [0.25, 0.3) is 0 Å². The van der Waals surface area contributed by atoms with Gasteiger partial charge >= 0.3 is 6.09 Å². The highest BCUT2D eigenvalue weighted by Gasteiger charge is 2.40. The van der Waals surface area contributed by atoms with E-state index in [1.807, 2.05) is 36.4 Å². The summed E-state index contributed by atoms with van der Waals surface area (Å²) in [4.78, 5) is 47.3. The Morgan fingerprint density at radius 1 is 1.11 bits per heavy atom. The Morgan fingerprint density at radius 2 is 1.91 bits per heavy atom. The van der Waals surface area contributed by atoms with Gasteiger partial charge in [-0.2, -0.15) is 0 Å². The van der Waals surface area contributed by atoms with Crippen LogP contribution in [0.3, 0.4) is 0 Å². The van der Waals surface area contributed by atoms with Gasteiger partial charge in [0.15, 0.2) is 16.7 Å². The summed E-state index contributed by atoms with van der Waals surface area (Å²) in [5.74, 6) is -0.238. The average Bonchev–Trinajstić information content (AvgIpc) is 3.84. The number of hydrogen-bond acceptors (Lipinski definition) is 8. The maximum absolute atomic E-state index is 14.4. The number of halogens is 1. The highest BCUT2D eigenvalue weighted by atomic mass is 32.2. The van der Waals surface area contributed by atoms with Gasteiger partial charge in [-0.3, -0.25) is 19.4 Å². The van der Waals surface area contributed by atoms with E-state index in [4.69, 9.17) is 14.2 Å². The number of nitrogens with one attached hydrogen (secondary N) is 1. The molecule has 3 aromatic carbocycles. The summed E-state index contributed by atoms with van der Waals surface area (Å²) in [7, 11) is 1.39. The van der Waals surface area contributed by atoms with E-state index < -0.39 is 23.2 Å². The fourth-order valence-corrected chi connectivity index (χ4v) is 6.67. The third-order valence-corrected chi connectivity index (χ3v) is 9.10. The maximum atomic E-state index is 14.4. The molecule has 46 heavy (non-hydrogen) atoms. The summed E-state index contributed by atoms with van der Waals surface area (Å²) in [5, 5.41) is 2.73. The van der Waals surface area contributed by atoms with Gasteiger partial charge in [-0.05, 0) is 54.3 Å². The van der Waals surface area contributed by atoms with Crippen LogP contribution in [0.5, 0.6) is 5.75 Å². The lowest BCUT2D eigenvalue weighted by molar-refractivity contribution is -0.126. The summed E-state index contributed by atoms with van der Waals surface area (Å²) < 4.78 is 30.5. The van der Waals surface area contributed by atoms with Crippen molar-refractivity contribution in [3.63, 3.8) is 0 Å². The van der Waals surface area contributed by atoms with Crippen molar-refractivity contribution in [2.45, 2.75) is 37.2 Å². The molecule has 0 spiro atoms. The van der Waals surface area contributed by atoms with Crippen molar-refractivity contribution in [1.29, 1.82) is 0 Å². The first-order valence-electron chi connectivity index (χ1n) is 15.0. The number of aliphatic imine (C=N–C) groups is 1. The zero-order valence-corrected chi connectivity index (χ0v) is 26.0. The predicted molar refractivity (Wildman–Crippen MR) is 172 cm³/mol. The van der Waals surface area contributed by atoms with Gasteiger partial charge in [-0.25, -0.2) is 14.2 Å². The van der Waals surface area contributed by atoms with Crippen LogP contribution >= 0.6 is 11.8 Å². The largest absolute Gasteiger partial charge is 0.496 e. The van der Waals surface area contributed by atoms with Crippen LogP contribution in [0.25, 0.3) is 0 Å². The number of amides is 3. The molecule has 238 valence electrons. The highest BCUT2D eigenvalue weighted by molar-refractivity contribution is 8.15.